The molecule has 23 nitrogen and oxygen atoms in total. The fourth-order valence-electron chi connectivity index (χ4n) is 7.77. The van der Waals surface area contributed by atoms with Crippen LogP contribution in [0, 0.1) is 29.6 Å². The van der Waals surface area contributed by atoms with Gasteiger partial charge in [-0.1, -0.05) is 69.2 Å². The minimum absolute atomic E-state index is 0.00112. The Hall–Kier alpha value is -5.42. The van der Waals surface area contributed by atoms with Crippen LogP contribution in [0.4, 0.5) is 0 Å². The van der Waals surface area contributed by atoms with Gasteiger partial charge in [0, 0.05) is 0 Å². The number of rotatable bonds is 37. The molecular weight excluding hydrogens is 957 g/mol. The van der Waals surface area contributed by atoms with E-state index in [1.54, 1.807) is 0 Å². The van der Waals surface area contributed by atoms with E-state index in [1.165, 1.54) is 20.8 Å². The normalized spacial score (nSPS) is 15.6. The Bertz CT molecular complexity index is 1810. The number of carbonyl (C=O) groups excluding carboxylic acids is 9. The molecule has 9 amide bonds. The van der Waals surface area contributed by atoms with Crippen LogP contribution < -0.4 is 65.1 Å². The highest BCUT2D eigenvalue weighted by molar-refractivity contribution is 5.98. The van der Waals surface area contributed by atoms with Crippen molar-refractivity contribution < 1.29 is 53.1 Å². The third-order valence-corrected chi connectivity index (χ3v) is 11.8. The van der Waals surface area contributed by atoms with Gasteiger partial charge in [-0.05, 0) is 134 Å². The highest BCUT2D eigenvalue weighted by Gasteiger charge is 2.35. The summed E-state index contributed by atoms with van der Waals surface area (Å²) in [6.07, 6.45) is 3.11. The molecule has 0 radical (unpaired) electrons. The van der Waals surface area contributed by atoms with Gasteiger partial charge >= 0.3 is 5.97 Å². The predicted octanol–water partition coefficient (Wildman–Crippen LogP) is 0.310. The minimum atomic E-state index is -1.23. The summed E-state index contributed by atoms with van der Waals surface area (Å²) in [5, 5.41) is 33.6. The van der Waals surface area contributed by atoms with Gasteiger partial charge in [-0.15, -0.1) is 0 Å². The number of amides is 9. The largest absolute Gasteiger partial charge is 0.480 e. The van der Waals surface area contributed by atoms with Gasteiger partial charge in [0.05, 0.1) is 6.04 Å². The summed E-state index contributed by atoms with van der Waals surface area (Å²) in [6.45, 7) is 23.3. The SMILES string of the molecule is CC(C)C[C@H](NC(=O)[C@H](C)NC(=O)[C@H](CC(C)C)NC(=O)[C@H](CCCCN)NC(=O)[C@H](CC(C)C)NC(=O)[C@H](C)NC(=O)[C@H](CC(C)C)NC(=O)[C@H](CCCCN)NC(=O)[C@H](CC(C)C)NC(=O)[C@H](C)N)C(=O)O. The van der Waals surface area contributed by atoms with Crippen molar-refractivity contribution in [3.63, 3.8) is 0 Å². The number of nitrogens with two attached hydrogens (primary N) is 3. The Balaban J connectivity index is 6.41. The zero-order valence-corrected chi connectivity index (χ0v) is 46.6. The van der Waals surface area contributed by atoms with Crippen LogP contribution >= 0.6 is 0 Å². The van der Waals surface area contributed by atoms with E-state index >= 15 is 0 Å². The molecule has 23 heteroatoms. The van der Waals surface area contributed by atoms with Gasteiger partial charge in [0.1, 0.15) is 54.4 Å². The lowest BCUT2D eigenvalue weighted by molar-refractivity contribution is -0.142. The van der Waals surface area contributed by atoms with Crippen molar-refractivity contribution in [2.24, 2.45) is 46.8 Å². The fourth-order valence-corrected chi connectivity index (χ4v) is 7.77. The maximum absolute atomic E-state index is 14.1. The lowest BCUT2D eigenvalue weighted by Crippen LogP contribution is -2.60. The quantitative estimate of drug-likeness (QED) is 0.0373. The molecule has 16 N–H and O–H groups in total. The van der Waals surface area contributed by atoms with Crippen molar-refractivity contribution in [2.75, 3.05) is 13.1 Å². The summed E-state index contributed by atoms with van der Waals surface area (Å²) >= 11 is 0. The van der Waals surface area contributed by atoms with Crippen molar-refractivity contribution in [1.82, 2.24) is 47.9 Å². The second-order valence-corrected chi connectivity index (χ2v) is 21.7. The van der Waals surface area contributed by atoms with E-state index in [9.17, 15) is 53.1 Å². The van der Waals surface area contributed by atoms with Gasteiger partial charge in [0.15, 0.2) is 0 Å². The summed E-state index contributed by atoms with van der Waals surface area (Å²) in [6, 6.07) is -11.2. The minimum Gasteiger partial charge on any atom is -0.480 e. The summed E-state index contributed by atoms with van der Waals surface area (Å²) in [5.74, 6) is -7.66. The topological polar surface area (TPSA) is 377 Å². The molecule has 0 fully saturated rings. The highest BCUT2D eigenvalue weighted by Crippen LogP contribution is 2.14. The molecule has 0 aliphatic carbocycles. The highest BCUT2D eigenvalue weighted by atomic mass is 16.4. The molecule has 0 aromatic carbocycles. The van der Waals surface area contributed by atoms with Crippen LogP contribution in [0.25, 0.3) is 0 Å². The Morgan fingerprint density at radius 1 is 0.324 bits per heavy atom. The van der Waals surface area contributed by atoms with Crippen molar-refractivity contribution in [1.29, 1.82) is 0 Å². The van der Waals surface area contributed by atoms with E-state index < -0.39 is 120 Å². The van der Waals surface area contributed by atoms with Crippen molar-refractivity contribution in [2.45, 2.75) is 221 Å². The molecule has 0 aliphatic rings. The molecule has 0 saturated heterocycles. The molecule has 74 heavy (non-hydrogen) atoms. The van der Waals surface area contributed by atoms with Crippen LogP contribution in [0.5, 0.6) is 0 Å². The number of carboxylic acid groups (broad SMARTS) is 1. The monoisotopic (exact) mass is 1050 g/mol. The average Bonchev–Trinajstić information content (AvgIpc) is 3.28. The molecule has 0 unspecified atom stereocenters. The third-order valence-electron chi connectivity index (χ3n) is 11.8. The molecule has 0 rings (SSSR count). The van der Waals surface area contributed by atoms with Crippen molar-refractivity contribution in [3.8, 4) is 0 Å². The van der Waals surface area contributed by atoms with Crippen molar-refractivity contribution in [3.05, 3.63) is 0 Å². The van der Waals surface area contributed by atoms with Crippen LogP contribution in [0.1, 0.15) is 161 Å². The zero-order valence-electron chi connectivity index (χ0n) is 46.6. The number of carboxylic acids is 1. The molecule has 0 aliphatic heterocycles. The molecule has 10 atom stereocenters. The molecule has 0 heterocycles. The van der Waals surface area contributed by atoms with Crippen LogP contribution in [0.2, 0.25) is 0 Å². The number of unbranched alkanes of at least 4 members (excludes halogenated alkanes) is 2. The van der Waals surface area contributed by atoms with E-state index in [0.29, 0.717) is 38.8 Å². The second kappa shape index (κ2) is 35.7. The predicted molar refractivity (Wildman–Crippen MR) is 283 cm³/mol. The maximum Gasteiger partial charge on any atom is 0.326 e. The van der Waals surface area contributed by atoms with Gasteiger partial charge in [-0.2, -0.15) is 0 Å². The number of aliphatic carboxylic acids is 1. The summed E-state index contributed by atoms with van der Waals surface area (Å²) in [7, 11) is 0. The van der Waals surface area contributed by atoms with E-state index in [2.05, 4.69) is 47.9 Å². The molecule has 0 spiro atoms. The molecule has 426 valence electrons. The Morgan fingerprint density at radius 2 is 0.554 bits per heavy atom. The van der Waals surface area contributed by atoms with Gasteiger partial charge in [0.25, 0.3) is 0 Å². The zero-order chi connectivity index (χ0) is 57.0. The van der Waals surface area contributed by atoms with Gasteiger partial charge in [-0.25, -0.2) is 4.79 Å². The first-order chi connectivity index (χ1) is 34.4. The van der Waals surface area contributed by atoms with E-state index in [-0.39, 0.29) is 74.5 Å². The standard InChI is InChI=1S/C51H96N12O11/c1-27(2)22-37(61-45(67)35(18-14-16-20-52)57-49(71)39(24-29(5)6)59-42(64)32(11)54)47(69)55-33(12)43(65)60-40(25-30(7)8)50(72)58-36(19-15-17-21-53)46(68)62-38(23-28(3)4)48(70)56-34(13)44(66)63-41(51(73)74)26-31(9)10/h27-41H,14-26,52-54H2,1-13H3,(H,55,69)(H,56,70)(H,57,71)(H,58,72)(H,59,64)(H,60,65)(H,61,67)(H,62,68)(H,63,66)(H,73,74)/t32-,33-,34-,35-,36-,37-,38-,39-,40-,41-/m0/s1. The first kappa shape index (κ1) is 68.6. The summed E-state index contributed by atoms with van der Waals surface area (Å²) in [4.78, 5) is 134. The lowest BCUT2D eigenvalue weighted by Gasteiger charge is -2.28. The molecule has 0 aromatic heterocycles. The van der Waals surface area contributed by atoms with E-state index in [4.69, 9.17) is 17.2 Å². The number of nitrogens with one attached hydrogen (secondary N) is 9. The number of carbonyl (C=O) groups is 10. The van der Waals surface area contributed by atoms with Crippen LogP contribution in [-0.4, -0.2) is 138 Å². The van der Waals surface area contributed by atoms with Crippen LogP contribution in [0.15, 0.2) is 0 Å². The molecular formula is C51H96N12O11. The maximum atomic E-state index is 14.1. The van der Waals surface area contributed by atoms with Crippen LogP contribution in [0.3, 0.4) is 0 Å². The van der Waals surface area contributed by atoms with Crippen molar-refractivity contribution >= 4 is 59.1 Å². The van der Waals surface area contributed by atoms with Gasteiger partial charge in [-0.3, -0.25) is 43.2 Å². The Labute approximate surface area is 439 Å². The number of hydrogen-bond donors (Lipinski definition) is 13. The lowest BCUT2D eigenvalue weighted by atomic mass is 9.99. The van der Waals surface area contributed by atoms with Crippen LogP contribution in [-0.2, 0) is 47.9 Å². The average molecular weight is 1050 g/mol. The first-order valence-corrected chi connectivity index (χ1v) is 26.6. The molecule has 0 bridgehead atoms. The fraction of sp³-hybridized carbons (Fsp3) is 0.804. The Morgan fingerprint density at radius 3 is 0.824 bits per heavy atom. The summed E-state index contributed by atoms with van der Waals surface area (Å²) < 4.78 is 0. The molecule has 0 saturated carbocycles. The first-order valence-electron chi connectivity index (χ1n) is 26.6. The third kappa shape index (κ3) is 28.3. The Kier molecular flexibility index (Phi) is 33.1. The second-order valence-electron chi connectivity index (χ2n) is 21.7. The van der Waals surface area contributed by atoms with E-state index in [1.807, 2.05) is 69.2 Å². The number of hydrogen-bond acceptors (Lipinski definition) is 13. The summed E-state index contributed by atoms with van der Waals surface area (Å²) in [5.41, 5.74) is 17.2. The van der Waals surface area contributed by atoms with E-state index in [0.717, 1.165) is 0 Å². The van der Waals surface area contributed by atoms with Gasteiger partial charge in [0.2, 0.25) is 53.2 Å². The smallest absolute Gasteiger partial charge is 0.326 e. The van der Waals surface area contributed by atoms with Gasteiger partial charge < -0.3 is 70.2 Å². The molecule has 0 aromatic rings.